The Morgan fingerprint density at radius 2 is 2.14 bits per heavy atom. The maximum absolute atomic E-state index is 12.3. The standard InChI is InChI=1S/C22H26ClNO4S/c23-16-4-1-3-15(13-16)14-18(25)8-6-17-7-11-21(26)24(17)12-2-5-19-9-10-20(29-19)22(27)28/h1,3-4,9-10,13,17-18,25H,2,5-8,11-12,14H2,(H,27,28)/t17-,18-/m0/s1. The Labute approximate surface area is 179 Å². The molecule has 3 rings (SSSR count). The third-order valence-electron chi connectivity index (χ3n) is 5.34. The first-order valence-corrected chi connectivity index (χ1v) is 11.2. The van der Waals surface area contributed by atoms with Gasteiger partial charge in [0.15, 0.2) is 0 Å². The molecule has 0 spiro atoms. The van der Waals surface area contributed by atoms with Gasteiger partial charge in [-0.05, 0) is 68.4 Å². The van der Waals surface area contributed by atoms with Crippen LogP contribution < -0.4 is 0 Å². The maximum atomic E-state index is 12.3. The lowest BCUT2D eigenvalue weighted by atomic mass is 10.0. The van der Waals surface area contributed by atoms with Crippen molar-refractivity contribution in [3.05, 3.63) is 56.7 Å². The van der Waals surface area contributed by atoms with Gasteiger partial charge in [-0.2, -0.15) is 0 Å². The molecule has 0 saturated carbocycles. The highest BCUT2D eigenvalue weighted by Gasteiger charge is 2.30. The number of benzene rings is 1. The van der Waals surface area contributed by atoms with Crippen LogP contribution in [0.3, 0.4) is 0 Å². The molecule has 29 heavy (non-hydrogen) atoms. The van der Waals surface area contributed by atoms with Crippen molar-refractivity contribution in [2.24, 2.45) is 0 Å². The number of likely N-dealkylation sites (tertiary alicyclic amines) is 1. The van der Waals surface area contributed by atoms with E-state index in [2.05, 4.69) is 0 Å². The molecule has 2 N–H and O–H groups in total. The number of halogens is 1. The van der Waals surface area contributed by atoms with Crippen LogP contribution >= 0.6 is 22.9 Å². The number of hydrogen-bond acceptors (Lipinski definition) is 4. The van der Waals surface area contributed by atoms with E-state index < -0.39 is 12.1 Å². The normalized spacial score (nSPS) is 17.7. The molecule has 1 saturated heterocycles. The summed E-state index contributed by atoms with van der Waals surface area (Å²) in [7, 11) is 0. The topological polar surface area (TPSA) is 77.8 Å². The molecule has 0 unspecified atom stereocenters. The molecule has 1 aliphatic rings. The number of carbonyl (C=O) groups is 2. The van der Waals surface area contributed by atoms with Crippen LogP contribution in [0.4, 0.5) is 0 Å². The fourth-order valence-electron chi connectivity index (χ4n) is 3.87. The van der Waals surface area contributed by atoms with E-state index in [0.29, 0.717) is 35.7 Å². The summed E-state index contributed by atoms with van der Waals surface area (Å²) in [4.78, 5) is 26.6. The minimum Gasteiger partial charge on any atom is -0.477 e. The number of aliphatic hydroxyl groups is 1. The summed E-state index contributed by atoms with van der Waals surface area (Å²) in [5.41, 5.74) is 1.01. The van der Waals surface area contributed by atoms with Crippen LogP contribution in [-0.4, -0.2) is 45.7 Å². The average molecular weight is 436 g/mol. The smallest absolute Gasteiger partial charge is 0.345 e. The van der Waals surface area contributed by atoms with Gasteiger partial charge in [0.05, 0.1) is 6.10 Å². The van der Waals surface area contributed by atoms with E-state index in [0.717, 1.165) is 36.1 Å². The van der Waals surface area contributed by atoms with Gasteiger partial charge in [-0.1, -0.05) is 23.7 Å². The van der Waals surface area contributed by atoms with Crippen LogP contribution in [0.15, 0.2) is 36.4 Å². The predicted molar refractivity (Wildman–Crippen MR) is 115 cm³/mol. The Bertz CT molecular complexity index is 853. The zero-order chi connectivity index (χ0) is 20.8. The molecule has 156 valence electrons. The first kappa shape index (κ1) is 21.8. The molecule has 0 bridgehead atoms. The van der Waals surface area contributed by atoms with E-state index in [9.17, 15) is 14.7 Å². The third kappa shape index (κ3) is 6.29. The second-order valence-electron chi connectivity index (χ2n) is 7.52. The van der Waals surface area contributed by atoms with Crippen molar-refractivity contribution in [2.45, 2.75) is 57.1 Å². The van der Waals surface area contributed by atoms with Crippen LogP contribution in [0, 0.1) is 0 Å². The summed E-state index contributed by atoms with van der Waals surface area (Å²) in [6.45, 7) is 0.675. The van der Waals surface area contributed by atoms with Crippen molar-refractivity contribution in [2.75, 3.05) is 6.54 Å². The largest absolute Gasteiger partial charge is 0.477 e. The van der Waals surface area contributed by atoms with E-state index in [1.807, 2.05) is 35.2 Å². The molecule has 1 fully saturated rings. The lowest BCUT2D eigenvalue weighted by molar-refractivity contribution is -0.129. The fourth-order valence-corrected chi connectivity index (χ4v) is 4.98. The molecule has 2 heterocycles. The van der Waals surface area contributed by atoms with Crippen molar-refractivity contribution in [1.29, 1.82) is 0 Å². The Balaban J connectivity index is 1.44. The number of hydrogen-bond donors (Lipinski definition) is 2. The van der Waals surface area contributed by atoms with Crippen molar-refractivity contribution < 1.29 is 19.8 Å². The highest BCUT2D eigenvalue weighted by molar-refractivity contribution is 7.13. The lowest BCUT2D eigenvalue weighted by Gasteiger charge is -2.25. The number of aliphatic hydroxyl groups excluding tert-OH is 1. The van der Waals surface area contributed by atoms with E-state index in [4.69, 9.17) is 16.7 Å². The second kappa shape index (κ2) is 10.2. The number of nitrogens with zero attached hydrogens (tertiary/aromatic N) is 1. The Hall–Kier alpha value is -1.89. The van der Waals surface area contributed by atoms with Gasteiger partial charge in [-0.3, -0.25) is 4.79 Å². The van der Waals surface area contributed by atoms with Crippen molar-refractivity contribution >= 4 is 34.8 Å². The first-order valence-electron chi connectivity index (χ1n) is 9.96. The van der Waals surface area contributed by atoms with Crippen molar-refractivity contribution in [3.8, 4) is 0 Å². The number of carboxylic acids is 1. The molecule has 2 atom stereocenters. The number of thiophene rings is 1. The third-order valence-corrected chi connectivity index (χ3v) is 6.71. The first-order chi connectivity index (χ1) is 13.9. The summed E-state index contributed by atoms with van der Waals surface area (Å²) < 4.78 is 0. The zero-order valence-corrected chi connectivity index (χ0v) is 17.8. The van der Waals surface area contributed by atoms with E-state index in [-0.39, 0.29) is 11.9 Å². The minimum absolute atomic E-state index is 0.175. The van der Waals surface area contributed by atoms with Crippen molar-refractivity contribution in [3.63, 3.8) is 0 Å². The molecular formula is C22H26ClNO4S. The van der Waals surface area contributed by atoms with Gasteiger partial charge in [0.1, 0.15) is 4.88 Å². The molecule has 2 aromatic rings. The van der Waals surface area contributed by atoms with Crippen molar-refractivity contribution in [1.82, 2.24) is 4.90 Å². The summed E-state index contributed by atoms with van der Waals surface area (Å²) in [6, 6.07) is 11.2. The molecule has 5 nitrogen and oxygen atoms in total. The number of carboxylic acid groups (broad SMARTS) is 1. The lowest BCUT2D eigenvalue weighted by Crippen LogP contribution is -2.34. The second-order valence-corrected chi connectivity index (χ2v) is 9.12. The van der Waals surface area contributed by atoms with E-state index in [1.54, 1.807) is 6.07 Å². The average Bonchev–Trinajstić information content (AvgIpc) is 3.28. The molecule has 1 aromatic heterocycles. The number of aryl methyl sites for hydroxylation is 1. The highest BCUT2D eigenvalue weighted by Crippen LogP contribution is 2.25. The Morgan fingerprint density at radius 3 is 2.86 bits per heavy atom. The number of aromatic carboxylic acids is 1. The zero-order valence-electron chi connectivity index (χ0n) is 16.2. The molecule has 1 aromatic carbocycles. The van der Waals surface area contributed by atoms with Gasteiger partial charge in [0.2, 0.25) is 5.91 Å². The Morgan fingerprint density at radius 1 is 1.31 bits per heavy atom. The number of rotatable bonds is 10. The van der Waals surface area contributed by atoms with Crippen LogP contribution in [0.5, 0.6) is 0 Å². The van der Waals surface area contributed by atoms with Gasteiger partial charge >= 0.3 is 5.97 Å². The highest BCUT2D eigenvalue weighted by atomic mass is 35.5. The van der Waals surface area contributed by atoms with Crippen LogP contribution in [-0.2, 0) is 17.6 Å². The van der Waals surface area contributed by atoms with Crippen LogP contribution in [0.2, 0.25) is 5.02 Å². The van der Waals surface area contributed by atoms with Gasteiger partial charge in [-0.25, -0.2) is 4.79 Å². The van der Waals surface area contributed by atoms with E-state index in [1.165, 1.54) is 11.3 Å². The van der Waals surface area contributed by atoms with Gasteiger partial charge in [-0.15, -0.1) is 11.3 Å². The maximum Gasteiger partial charge on any atom is 0.345 e. The van der Waals surface area contributed by atoms with Crippen LogP contribution in [0.25, 0.3) is 0 Å². The summed E-state index contributed by atoms with van der Waals surface area (Å²) in [5, 5.41) is 20.1. The van der Waals surface area contributed by atoms with Gasteiger partial charge in [0.25, 0.3) is 0 Å². The number of amides is 1. The quantitative estimate of drug-likeness (QED) is 0.579. The molecule has 1 aliphatic heterocycles. The molecule has 0 aliphatic carbocycles. The summed E-state index contributed by atoms with van der Waals surface area (Å²) >= 11 is 7.30. The summed E-state index contributed by atoms with van der Waals surface area (Å²) in [5.74, 6) is -0.718. The monoisotopic (exact) mass is 435 g/mol. The predicted octanol–water partition coefficient (Wildman–Crippen LogP) is 4.41. The summed E-state index contributed by atoms with van der Waals surface area (Å²) in [6.07, 6.45) is 4.53. The van der Waals surface area contributed by atoms with Gasteiger partial charge < -0.3 is 15.1 Å². The Kier molecular flexibility index (Phi) is 7.70. The SMILES string of the molecule is O=C(O)c1ccc(CCCN2C(=O)CC[C@@H]2CC[C@H](O)Cc2cccc(Cl)c2)s1. The molecule has 0 radical (unpaired) electrons. The molecule has 7 heteroatoms. The van der Waals surface area contributed by atoms with E-state index >= 15 is 0 Å². The molecular weight excluding hydrogens is 410 g/mol. The fraction of sp³-hybridized carbons (Fsp3) is 0.455. The molecule has 1 amide bonds. The minimum atomic E-state index is -0.896. The van der Waals surface area contributed by atoms with Gasteiger partial charge in [0, 0.05) is 28.9 Å². The number of carbonyl (C=O) groups excluding carboxylic acids is 1. The van der Waals surface area contributed by atoms with Crippen LogP contribution in [0.1, 0.15) is 52.2 Å².